The van der Waals surface area contributed by atoms with Crippen molar-refractivity contribution < 1.29 is 14.7 Å². The summed E-state index contributed by atoms with van der Waals surface area (Å²) < 4.78 is 0. The monoisotopic (exact) mass is 242 g/mol. The number of amides is 1. The summed E-state index contributed by atoms with van der Waals surface area (Å²) >= 11 is 1.34. The number of carboxylic acids is 1. The smallest absolute Gasteiger partial charge is 0.303 e. The fourth-order valence-corrected chi connectivity index (χ4v) is 1.82. The summed E-state index contributed by atoms with van der Waals surface area (Å²) in [7, 11) is 0. The van der Waals surface area contributed by atoms with E-state index in [0.29, 0.717) is 17.7 Å². The third kappa shape index (κ3) is 4.41. The first kappa shape index (κ1) is 12.7. The first-order valence-corrected chi connectivity index (χ1v) is 5.79. The predicted octanol–water partition coefficient (Wildman–Crippen LogP) is 1.02. The van der Waals surface area contributed by atoms with Gasteiger partial charge in [0.2, 0.25) is 0 Å². The molecular weight excluding hydrogens is 228 g/mol. The molecule has 0 aliphatic heterocycles. The lowest BCUT2D eigenvalue weighted by atomic mass is 10.2. The number of nitrogens with two attached hydrogens (primary N) is 1. The quantitative estimate of drug-likeness (QED) is 0.649. The summed E-state index contributed by atoms with van der Waals surface area (Å²) in [6, 6.07) is 3.50. The van der Waals surface area contributed by atoms with Crippen molar-refractivity contribution in [1.82, 2.24) is 5.32 Å². The largest absolute Gasteiger partial charge is 0.481 e. The molecule has 0 aliphatic carbocycles. The zero-order valence-corrected chi connectivity index (χ0v) is 9.50. The molecule has 0 fully saturated rings. The highest BCUT2D eigenvalue weighted by Crippen LogP contribution is 2.08. The average molecular weight is 242 g/mol. The Morgan fingerprint density at radius 1 is 1.56 bits per heavy atom. The Bertz CT molecular complexity index is 351. The molecular formula is C10H14N2O3S. The molecule has 0 saturated carbocycles. The second-order valence-corrected chi connectivity index (χ2v) is 4.29. The molecule has 1 heterocycles. The van der Waals surface area contributed by atoms with Crippen LogP contribution in [0.3, 0.4) is 0 Å². The van der Waals surface area contributed by atoms with Gasteiger partial charge in [-0.3, -0.25) is 9.59 Å². The van der Waals surface area contributed by atoms with E-state index in [1.54, 1.807) is 12.1 Å². The molecule has 88 valence electrons. The van der Waals surface area contributed by atoms with Gasteiger partial charge >= 0.3 is 5.97 Å². The van der Waals surface area contributed by atoms with Gasteiger partial charge in [0, 0.05) is 6.42 Å². The van der Waals surface area contributed by atoms with Crippen LogP contribution in [-0.2, 0) is 4.79 Å². The number of carbonyl (C=O) groups is 2. The van der Waals surface area contributed by atoms with Gasteiger partial charge in [-0.05, 0) is 24.3 Å². The lowest BCUT2D eigenvalue weighted by Crippen LogP contribution is -2.41. The van der Waals surface area contributed by atoms with E-state index in [9.17, 15) is 9.59 Å². The molecule has 1 rings (SSSR count). The van der Waals surface area contributed by atoms with Crippen molar-refractivity contribution in [2.24, 2.45) is 5.73 Å². The maximum Gasteiger partial charge on any atom is 0.303 e. The molecule has 4 N–H and O–H groups in total. The number of hydrogen-bond acceptors (Lipinski definition) is 4. The van der Waals surface area contributed by atoms with E-state index in [1.165, 1.54) is 11.3 Å². The van der Waals surface area contributed by atoms with Crippen LogP contribution < -0.4 is 11.1 Å². The molecule has 6 heteroatoms. The molecule has 5 nitrogen and oxygen atoms in total. The molecule has 1 amide bonds. The highest BCUT2D eigenvalue weighted by molar-refractivity contribution is 7.12. The summed E-state index contributed by atoms with van der Waals surface area (Å²) in [5.41, 5.74) is 5.65. The fraction of sp³-hybridized carbons (Fsp3) is 0.400. The zero-order chi connectivity index (χ0) is 12.0. The number of carboxylic acid groups (broad SMARTS) is 1. The Labute approximate surface area is 97.3 Å². The first-order chi connectivity index (χ1) is 7.59. The predicted molar refractivity (Wildman–Crippen MR) is 61.2 cm³/mol. The van der Waals surface area contributed by atoms with Gasteiger partial charge in [0.25, 0.3) is 5.91 Å². The maximum absolute atomic E-state index is 11.5. The lowest BCUT2D eigenvalue weighted by molar-refractivity contribution is -0.137. The van der Waals surface area contributed by atoms with E-state index in [1.807, 2.05) is 5.38 Å². The minimum absolute atomic E-state index is 0.0720. The minimum atomic E-state index is -0.850. The van der Waals surface area contributed by atoms with E-state index in [-0.39, 0.29) is 12.3 Å². The summed E-state index contributed by atoms with van der Waals surface area (Å²) in [6.07, 6.45) is 0.502. The normalized spacial score (nSPS) is 12.1. The Balaban J connectivity index is 2.26. The van der Waals surface area contributed by atoms with Gasteiger partial charge in [0.05, 0.1) is 11.0 Å². The van der Waals surface area contributed by atoms with Crippen LogP contribution in [0.5, 0.6) is 0 Å². The molecule has 0 saturated heterocycles. The van der Waals surface area contributed by atoms with Crippen LogP contribution in [0.4, 0.5) is 0 Å². The van der Waals surface area contributed by atoms with Crippen molar-refractivity contribution in [3.8, 4) is 0 Å². The van der Waals surface area contributed by atoms with Gasteiger partial charge in [-0.2, -0.15) is 0 Å². The van der Waals surface area contributed by atoms with Gasteiger partial charge in [0.1, 0.15) is 0 Å². The number of thiophene rings is 1. The molecule has 0 bridgehead atoms. The van der Waals surface area contributed by atoms with E-state index < -0.39 is 12.1 Å². The van der Waals surface area contributed by atoms with Crippen molar-refractivity contribution in [2.45, 2.75) is 25.4 Å². The van der Waals surface area contributed by atoms with Crippen LogP contribution in [-0.4, -0.2) is 23.1 Å². The van der Waals surface area contributed by atoms with Crippen molar-refractivity contribution >= 4 is 23.2 Å². The molecule has 1 aromatic rings. The second kappa shape index (κ2) is 6.24. The third-order valence-electron chi connectivity index (χ3n) is 1.97. The average Bonchev–Trinajstić information content (AvgIpc) is 2.69. The van der Waals surface area contributed by atoms with Crippen molar-refractivity contribution in [3.05, 3.63) is 22.4 Å². The van der Waals surface area contributed by atoms with E-state index in [4.69, 9.17) is 10.8 Å². The number of aliphatic carboxylic acids is 1. The van der Waals surface area contributed by atoms with Gasteiger partial charge in [-0.25, -0.2) is 0 Å². The second-order valence-electron chi connectivity index (χ2n) is 3.34. The summed E-state index contributed by atoms with van der Waals surface area (Å²) in [5, 5.41) is 12.9. The first-order valence-electron chi connectivity index (χ1n) is 4.91. The van der Waals surface area contributed by atoms with Gasteiger partial charge in [-0.1, -0.05) is 6.07 Å². The topological polar surface area (TPSA) is 92.4 Å². The van der Waals surface area contributed by atoms with Crippen LogP contribution in [0.2, 0.25) is 0 Å². The van der Waals surface area contributed by atoms with Crippen LogP contribution in [0, 0.1) is 0 Å². The number of hydrogen-bond donors (Lipinski definition) is 3. The van der Waals surface area contributed by atoms with Crippen molar-refractivity contribution in [2.75, 3.05) is 0 Å². The summed E-state index contributed by atoms with van der Waals surface area (Å²) in [6.45, 7) is 0. The molecule has 1 unspecified atom stereocenters. The highest BCUT2D eigenvalue weighted by Gasteiger charge is 2.10. The van der Waals surface area contributed by atoms with E-state index in [2.05, 4.69) is 5.32 Å². The lowest BCUT2D eigenvalue weighted by Gasteiger charge is -2.12. The molecule has 0 aliphatic rings. The number of carbonyl (C=O) groups excluding carboxylic acids is 1. The summed E-state index contributed by atoms with van der Waals surface area (Å²) in [5.74, 6) is -1.06. The van der Waals surface area contributed by atoms with Gasteiger partial charge < -0.3 is 16.2 Å². The van der Waals surface area contributed by atoms with Crippen LogP contribution >= 0.6 is 11.3 Å². The van der Waals surface area contributed by atoms with Crippen LogP contribution in [0.1, 0.15) is 28.9 Å². The van der Waals surface area contributed by atoms with Crippen LogP contribution in [0.15, 0.2) is 17.5 Å². The van der Waals surface area contributed by atoms with Crippen LogP contribution in [0.25, 0.3) is 0 Å². The van der Waals surface area contributed by atoms with Crippen molar-refractivity contribution in [1.29, 1.82) is 0 Å². The Morgan fingerprint density at radius 2 is 2.31 bits per heavy atom. The molecule has 0 radical (unpaired) electrons. The SMILES string of the molecule is NC(CCCC(=O)O)NC(=O)c1cccs1. The molecule has 1 atom stereocenters. The van der Waals surface area contributed by atoms with Gasteiger partial charge in [0.15, 0.2) is 0 Å². The molecule has 16 heavy (non-hydrogen) atoms. The Morgan fingerprint density at radius 3 is 2.88 bits per heavy atom. The number of rotatable bonds is 6. The number of nitrogens with one attached hydrogen (secondary N) is 1. The summed E-state index contributed by atoms with van der Waals surface area (Å²) in [4.78, 5) is 22.4. The van der Waals surface area contributed by atoms with E-state index in [0.717, 1.165) is 0 Å². The third-order valence-corrected chi connectivity index (χ3v) is 2.84. The standard InChI is InChI=1S/C10H14N2O3S/c11-8(4-1-5-9(13)14)12-10(15)7-3-2-6-16-7/h2-3,6,8H,1,4-5,11H2,(H,12,15)(H,13,14). The maximum atomic E-state index is 11.5. The Kier molecular flexibility index (Phi) is 4.94. The van der Waals surface area contributed by atoms with Crippen molar-refractivity contribution in [3.63, 3.8) is 0 Å². The molecule has 0 spiro atoms. The molecule has 0 aromatic carbocycles. The highest BCUT2D eigenvalue weighted by atomic mass is 32.1. The minimum Gasteiger partial charge on any atom is -0.481 e. The van der Waals surface area contributed by atoms with Gasteiger partial charge in [-0.15, -0.1) is 11.3 Å². The fourth-order valence-electron chi connectivity index (χ4n) is 1.19. The zero-order valence-electron chi connectivity index (χ0n) is 8.68. The Hall–Kier alpha value is -1.40. The molecule has 1 aromatic heterocycles. The van der Waals surface area contributed by atoms with E-state index >= 15 is 0 Å².